The number of pyridine rings is 1. The third kappa shape index (κ3) is 6.04. The number of aliphatic hydroxyl groups is 1. The molecule has 1 aromatic heterocycles. The van der Waals surface area contributed by atoms with E-state index in [0.717, 1.165) is 5.56 Å². The van der Waals surface area contributed by atoms with Gasteiger partial charge in [-0.05, 0) is 59.9 Å². The summed E-state index contributed by atoms with van der Waals surface area (Å²) >= 11 is 0. The average molecular weight is 525 g/mol. The highest BCUT2D eigenvalue weighted by molar-refractivity contribution is 5.99. The summed E-state index contributed by atoms with van der Waals surface area (Å²) < 4.78 is 11.5. The van der Waals surface area contributed by atoms with Gasteiger partial charge in [0.1, 0.15) is 11.3 Å². The molecule has 2 aromatic rings. The lowest BCUT2D eigenvalue weighted by Crippen LogP contribution is -2.55. The van der Waals surface area contributed by atoms with Crippen molar-refractivity contribution in [3.8, 4) is 5.75 Å². The van der Waals surface area contributed by atoms with Crippen LogP contribution in [0.3, 0.4) is 0 Å². The van der Waals surface area contributed by atoms with Crippen LogP contribution in [0.25, 0.3) is 0 Å². The Bertz CT molecular complexity index is 1110. The van der Waals surface area contributed by atoms with Crippen molar-refractivity contribution >= 4 is 11.9 Å². The second-order valence-corrected chi connectivity index (χ2v) is 12.3. The van der Waals surface area contributed by atoms with E-state index >= 15 is 0 Å². The average Bonchev–Trinajstić information content (AvgIpc) is 3.20. The minimum absolute atomic E-state index is 0.0940. The third-order valence-electron chi connectivity index (χ3n) is 7.16. The fraction of sp³-hybridized carbons (Fsp3) is 0.581. The van der Waals surface area contributed by atoms with E-state index in [4.69, 9.17) is 9.47 Å². The summed E-state index contributed by atoms with van der Waals surface area (Å²) in [6, 6.07) is 10.4. The van der Waals surface area contributed by atoms with Crippen LogP contribution in [0.15, 0.2) is 42.6 Å². The van der Waals surface area contributed by atoms with Crippen LogP contribution in [0.5, 0.6) is 5.75 Å². The molecule has 1 aliphatic rings. The molecule has 1 aromatic carbocycles. The number of likely N-dealkylation sites (tertiary alicyclic amines) is 1. The van der Waals surface area contributed by atoms with Gasteiger partial charge in [-0.3, -0.25) is 9.78 Å². The minimum Gasteiger partial charge on any atom is -0.496 e. The van der Waals surface area contributed by atoms with E-state index in [1.807, 2.05) is 52.0 Å². The van der Waals surface area contributed by atoms with Gasteiger partial charge in [0.2, 0.25) is 0 Å². The fourth-order valence-electron chi connectivity index (χ4n) is 5.61. The van der Waals surface area contributed by atoms with Gasteiger partial charge < -0.3 is 19.5 Å². The molecule has 7 nitrogen and oxygen atoms in total. The monoisotopic (exact) mass is 524 g/mol. The summed E-state index contributed by atoms with van der Waals surface area (Å²) in [6.07, 6.45) is 2.38. The number of benzene rings is 1. The summed E-state index contributed by atoms with van der Waals surface area (Å²) in [6.45, 7) is 14.4. The van der Waals surface area contributed by atoms with E-state index in [0.29, 0.717) is 29.8 Å². The van der Waals surface area contributed by atoms with Gasteiger partial charge in [-0.25, -0.2) is 4.79 Å². The first-order chi connectivity index (χ1) is 17.9. The molecule has 0 spiro atoms. The van der Waals surface area contributed by atoms with Gasteiger partial charge in [0.25, 0.3) is 5.91 Å². The molecule has 1 aliphatic heterocycles. The molecule has 3 atom stereocenters. The quantitative estimate of drug-likeness (QED) is 0.432. The second kappa shape index (κ2) is 11.9. The predicted molar refractivity (Wildman–Crippen MR) is 148 cm³/mol. The standard InChI is InChI=1S/C31H44N2O5/c1-20(2)16-31(29(36)38-19-21(3)4)17-23(18-34)27(25-11-9-10-14-32-25)33(31)28(35)22-12-13-24(30(5,6)7)26(15-22)37-8/h9-15,20-21,23,27,34H,16-19H2,1-8H3. The van der Waals surface area contributed by atoms with Crippen LogP contribution in [-0.2, 0) is 14.9 Å². The normalized spacial score (nSPS) is 21.7. The van der Waals surface area contributed by atoms with Crippen LogP contribution in [0.2, 0.25) is 0 Å². The van der Waals surface area contributed by atoms with Gasteiger partial charge in [0, 0.05) is 24.3 Å². The second-order valence-electron chi connectivity index (χ2n) is 12.3. The predicted octanol–water partition coefficient (Wildman–Crippen LogP) is 5.57. The van der Waals surface area contributed by atoms with E-state index in [9.17, 15) is 14.7 Å². The van der Waals surface area contributed by atoms with E-state index < -0.39 is 17.6 Å². The van der Waals surface area contributed by atoms with Gasteiger partial charge in [-0.1, -0.05) is 60.6 Å². The number of aromatic nitrogens is 1. The molecule has 3 unspecified atom stereocenters. The highest BCUT2D eigenvalue weighted by Gasteiger charge is 2.59. The van der Waals surface area contributed by atoms with Gasteiger partial charge in [0.05, 0.1) is 25.5 Å². The largest absolute Gasteiger partial charge is 0.496 e. The van der Waals surface area contributed by atoms with E-state index in [1.165, 1.54) is 0 Å². The van der Waals surface area contributed by atoms with E-state index in [2.05, 4.69) is 25.8 Å². The molecule has 0 bridgehead atoms. The summed E-state index contributed by atoms with van der Waals surface area (Å²) in [5, 5.41) is 10.5. The van der Waals surface area contributed by atoms with Gasteiger partial charge in [-0.15, -0.1) is 0 Å². The summed E-state index contributed by atoms with van der Waals surface area (Å²) in [4.78, 5) is 34.7. The van der Waals surface area contributed by atoms with Crippen molar-refractivity contribution < 1.29 is 24.2 Å². The topological polar surface area (TPSA) is 89.0 Å². The zero-order chi connectivity index (χ0) is 28.3. The molecule has 3 rings (SSSR count). The maximum atomic E-state index is 14.5. The van der Waals surface area contributed by atoms with E-state index in [1.54, 1.807) is 30.3 Å². The lowest BCUT2D eigenvalue weighted by molar-refractivity contribution is -0.158. The van der Waals surface area contributed by atoms with Crippen molar-refractivity contribution in [1.29, 1.82) is 0 Å². The Morgan fingerprint density at radius 3 is 2.37 bits per heavy atom. The molecule has 7 heteroatoms. The maximum absolute atomic E-state index is 14.5. The Morgan fingerprint density at radius 1 is 1.13 bits per heavy atom. The number of rotatable bonds is 9. The van der Waals surface area contributed by atoms with Crippen LogP contribution < -0.4 is 4.74 Å². The molecule has 1 N–H and O–H groups in total. The van der Waals surface area contributed by atoms with Crippen LogP contribution in [0.4, 0.5) is 0 Å². The van der Waals surface area contributed by atoms with Crippen LogP contribution in [0, 0.1) is 17.8 Å². The first-order valence-corrected chi connectivity index (χ1v) is 13.6. The van der Waals surface area contributed by atoms with Crippen molar-refractivity contribution in [2.75, 3.05) is 20.3 Å². The number of hydrogen-bond donors (Lipinski definition) is 1. The van der Waals surface area contributed by atoms with Crippen molar-refractivity contribution in [2.45, 2.75) is 78.3 Å². The lowest BCUT2D eigenvalue weighted by Gasteiger charge is -2.40. The van der Waals surface area contributed by atoms with Crippen molar-refractivity contribution in [3.05, 3.63) is 59.4 Å². The Balaban J connectivity index is 2.23. The zero-order valence-electron chi connectivity index (χ0n) is 24.2. The smallest absolute Gasteiger partial charge is 0.332 e. The molecule has 0 saturated carbocycles. The highest BCUT2D eigenvalue weighted by Crippen LogP contribution is 2.50. The lowest BCUT2D eigenvalue weighted by atomic mass is 9.83. The minimum atomic E-state index is -1.24. The molecule has 2 heterocycles. The highest BCUT2D eigenvalue weighted by atomic mass is 16.5. The first-order valence-electron chi connectivity index (χ1n) is 13.6. The molecule has 208 valence electrons. The number of carbonyl (C=O) groups is 2. The molecular formula is C31H44N2O5. The molecule has 1 fully saturated rings. The van der Waals surface area contributed by atoms with Crippen LogP contribution in [0.1, 0.15) is 89.0 Å². The summed E-state index contributed by atoms with van der Waals surface area (Å²) in [7, 11) is 1.60. The van der Waals surface area contributed by atoms with Crippen LogP contribution >= 0.6 is 0 Å². The number of carbonyl (C=O) groups excluding carboxylic acids is 2. The Morgan fingerprint density at radius 2 is 1.84 bits per heavy atom. The number of nitrogens with zero attached hydrogens (tertiary/aromatic N) is 2. The van der Waals surface area contributed by atoms with Crippen molar-refractivity contribution in [3.63, 3.8) is 0 Å². The molecule has 1 saturated heterocycles. The van der Waals surface area contributed by atoms with Gasteiger partial charge >= 0.3 is 5.97 Å². The fourth-order valence-corrected chi connectivity index (χ4v) is 5.61. The zero-order valence-corrected chi connectivity index (χ0v) is 24.2. The first kappa shape index (κ1) is 29.6. The molecule has 38 heavy (non-hydrogen) atoms. The molecular weight excluding hydrogens is 480 g/mol. The Kier molecular flexibility index (Phi) is 9.24. The summed E-state index contributed by atoms with van der Waals surface area (Å²) in [5.41, 5.74) is 0.615. The number of hydrogen-bond acceptors (Lipinski definition) is 6. The maximum Gasteiger partial charge on any atom is 0.332 e. The SMILES string of the molecule is COc1cc(C(=O)N2C(c3ccccn3)C(CO)CC2(CC(C)C)C(=O)OCC(C)C)ccc1C(C)(C)C. The van der Waals surface area contributed by atoms with E-state index in [-0.39, 0.29) is 42.3 Å². The van der Waals surface area contributed by atoms with Gasteiger partial charge in [-0.2, -0.15) is 0 Å². The number of ether oxygens (including phenoxy) is 2. The molecule has 0 aliphatic carbocycles. The van der Waals surface area contributed by atoms with Crippen LogP contribution in [-0.4, -0.2) is 52.7 Å². The van der Waals surface area contributed by atoms with Crippen molar-refractivity contribution in [2.24, 2.45) is 17.8 Å². The van der Waals surface area contributed by atoms with Gasteiger partial charge in [0.15, 0.2) is 0 Å². The summed E-state index contributed by atoms with van der Waals surface area (Å²) in [5.74, 6) is -0.255. The Labute approximate surface area is 227 Å². The van der Waals surface area contributed by atoms with Crippen molar-refractivity contribution in [1.82, 2.24) is 9.88 Å². The number of aliphatic hydroxyl groups excluding tert-OH is 1. The number of esters is 1. The molecule has 0 radical (unpaired) electrons. The number of methoxy groups -OCH3 is 1. The molecule has 1 amide bonds. The number of amides is 1. The Hall–Kier alpha value is -2.93. The third-order valence-corrected chi connectivity index (χ3v) is 7.16.